The first-order chi connectivity index (χ1) is 23.6. The van der Waals surface area contributed by atoms with Crippen LogP contribution in [0, 0.1) is 0 Å². The summed E-state index contributed by atoms with van der Waals surface area (Å²) in [6.07, 6.45) is 0. The predicted octanol–water partition coefficient (Wildman–Crippen LogP) is 6.82. The summed E-state index contributed by atoms with van der Waals surface area (Å²) >= 11 is 0. The molecule has 0 aliphatic rings. The molecule has 0 fully saturated rings. The maximum Gasteiger partial charge on any atom is 0.344 e. The molecule has 5 aromatic carbocycles. The number of carboxylic acids is 1. The molecule has 5 rings (SSSR count). The van der Waals surface area contributed by atoms with Crippen molar-refractivity contribution in [3.63, 3.8) is 0 Å². The molecule has 49 heavy (non-hydrogen) atoms. The number of hydrogen-bond acceptors (Lipinski definition) is 9. The number of benzene rings is 5. The van der Waals surface area contributed by atoms with E-state index in [1.807, 2.05) is 103 Å². The van der Waals surface area contributed by atoms with Crippen molar-refractivity contribution in [2.24, 2.45) is 0 Å². The second-order valence-electron chi connectivity index (χ2n) is 11.1. The highest BCUT2D eigenvalue weighted by Crippen LogP contribution is 2.27. The van der Waals surface area contributed by atoms with Gasteiger partial charge in [0.15, 0.2) is 13.2 Å². The molecule has 1 N–H and O–H groups in total. The Bertz CT molecular complexity index is 1920. The molecule has 5 aromatic rings. The van der Waals surface area contributed by atoms with Crippen LogP contribution in [0.3, 0.4) is 0 Å². The molecule has 10 heteroatoms. The summed E-state index contributed by atoms with van der Waals surface area (Å²) < 4.78 is 25.3. The van der Waals surface area contributed by atoms with Crippen molar-refractivity contribution in [3.05, 3.63) is 120 Å². The van der Waals surface area contributed by atoms with Crippen molar-refractivity contribution in [1.82, 2.24) is 0 Å². The summed E-state index contributed by atoms with van der Waals surface area (Å²) in [5.74, 6) is -2.22. The zero-order chi connectivity index (χ0) is 35.3. The summed E-state index contributed by atoms with van der Waals surface area (Å²) in [6.45, 7) is 2.58. The summed E-state index contributed by atoms with van der Waals surface area (Å²) in [6, 6.07) is 32.1. The molecule has 2 atom stereocenters. The Morgan fingerprint density at radius 3 is 1.49 bits per heavy atom. The first-order valence-electron chi connectivity index (χ1n) is 15.5. The predicted molar refractivity (Wildman–Crippen MR) is 184 cm³/mol. The second kappa shape index (κ2) is 17.3. The fraction of sp³-hybridized carbons (Fsp3) is 0.231. The van der Waals surface area contributed by atoms with Gasteiger partial charge in [-0.15, -0.1) is 0 Å². The Labute approximate surface area is 284 Å². The number of esters is 3. The lowest BCUT2D eigenvalue weighted by Crippen LogP contribution is -2.20. The number of rotatable bonds is 12. The van der Waals surface area contributed by atoms with Gasteiger partial charge >= 0.3 is 23.9 Å². The van der Waals surface area contributed by atoms with Gasteiger partial charge in [-0.1, -0.05) is 78.9 Å². The zero-order valence-electron chi connectivity index (χ0n) is 27.7. The van der Waals surface area contributed by atoms with Crippen LogP contribution in [-0.4, -0.2) is 56.4 Å². The molecule has 0 saturated heterocycles. The maximum absolute atomic E-state index is 12.3. The van der Waals surface area contributed by atoms with Gasteiger partial charge in [0.2, 0.25) is 0 Å². The number of carbonyl (C=O) groups excluding carboxylic acids is 3. The normalized spacial score (nSPS) is 11.8. The standard InChI is InChI=1S/C23H22O5.C16H16O5/c1-16(18-8-9-20-13-21(26-2)11-10-19(20)12-18)23(25)28-15-22(24)27-14-17-6-4-3-5-7-17;1-10(16(19)21-9-15(17)18)11-3-4-13-8-14(20-2)6-5-12(13)7-11/h3-13,16H,14-15H2,1-2H3;3-8,10H,9H2,1-2H3,(H,17,18). The van der Waals surface area contributed by atoms with Crippen LogP contribution in [0.4, 0.5) is 0 Å². The van der Waals surface area contributed by atoms with Crippen LogP contribution in [0.5, 0.6) is 11.5 Å². The van der Waals surface area contributed by atoms with Crippen LogP contribution < -0.4 is 9.47 Å². The lowest BCUT2D eigenvalue weighted by molar-refractivity contribution is -0.160. The van der Waals surface area contributed by atoms with Crippen LogP contribution in [0.15, 0.2) is 103 Å². The molecule has 10 nitrogen and oxygen atoms in total. The Morgan fingerprint density at radius 1 is 0.571 bits per heavy atom. The number of carbonyl (C=O) groups is 4. The molecule has 2 unspecified atom stereocenters. The first kappa shape index (κ1) is 35.9. The third-order valence-electron chi connectivity index (χ3n) is 7.76. The van der Waals surface area contributed by atoms with Gasteiger partial charge < -0.3 is 28.8 Å². The lowest BCUT2D eigenvalue weighted by atomic mass is 9.98. The highest BCUT2D eigenvalue weighted by Gasteiger charge is 2.20. The van der Waals surface area contributed by atoms with E-state index in [0.717, 1.165) is 49.7 Å². The minimum Gasteiger partial charge on any atom is -0.497 e. The van der Waals surface area contributed by atoms with Gasteiger partial charge in [0, 0.05) is 0 Å². The van der Waals surface area contributed by atoms with Crippen molar-refractivity contribution >= 4 is 45.4 Å². The Kier molecular flexibility index (Phi) is 12.7. The zero-order valence-corrected chi connectivity index (χ0v) is 27.7. The molecule has 254 valence electrons. The van der Waals surface area contributed by atoms with E-state index in [1.165, 1.54) is 0 Å². The van der Waals surface area contributed by atoms with Crippen LogP contribution in [0.2, 0.25) is 0 Å². The number of hydrogen-bond donors (Lipinski definition) is 1. The van der Waals surface area contributed by atoms with Crippen LogP contribution in [0.25, 0.3) is 21.5 Å². The topological polar surface area (TPSA) is 135 Å². The average molecular weight is 667 g/mol. The van der Waals surface area contributed by atoms with E-state index >= 15 is 0 Å². The fourth-order valence-electron chi connectivity index (χ4n) is 4.84. The van der Waals surface area contributed by atoms with Crippen molar-refractivity contribution < 1.29 is 48.0 Å². The Balaban J connectivity index is 0.000000230. The third kappa shape index (κ3) is 10.3. The molecular weight excluding hydrogens is 628 g/mol. The summed E-state index contributed by atoms with van der Waals surface area (Å²) in [5.41, 5.74) is 2.48. The average Bonchev–Trinajstić information content (AvgIpc) is 3.14. The van der Waals surface area contributed by atoms with Gasteiger partial charge in [-0.2, -0.15) is 0 Å². The number of aliphatic carboxylic acids is 1. The number of ether oxygens (including phenoxy) is 5. The largest absolute Gasteiger partial charge is 0.497 e. The van der Waals surface area contributed by atoms with Gasteiger partial charge in [-0.25, -0.2) is 9.59 Å². The minimum atomic E-state index is -1.17. The molecule has 0 saturated carbocycles. The van der Waals surface area contributed by atoms with E-state index in [1.54, 1.807) is 28.1 Å². The maximum atomic E-state index is 12.3. The molecular formula is C39H38O10. The quantitative estimate of drug-likeness (QED) is 0.112. The molecule has 0 aromatic heterocycles. The van der Waals surface area contributed by atoms with Gasteiger partial charge in [0.1, 0.15) is 18.1 Å². The highest BCUT2D eigenvalue weighted by molar-refractivity contribution is 5.88. The molecule has 0 bridgehead atoms. The summed E-state index contributed by atoms with van der Waals surface area (Å²) in [4.78, 5) is 46.3. The Morgan fingerprint density at radius 2 is 1.02 bits per heavy atom. The molecule has 0 radical (unpaired) electrons. The van der Waals surface area contributed by atoms with Crippen molar-refractivity contribution in [2.75, 3.05) is 27.4 Å². The summed E-state index contributed by atoms with van der Waals surface area (Å²) in [7, 11) is 3.23. The molecule has 0 amide bonds. The van der Waals surface area contributed by atoms with E-state index in [0.29, 0.717) is 0 Å². The monoisotopic (exact) mass is 666 g/mol. The van der Waals surface area contributed by atoms with E-state index in [-0.39, 0.29) is 6.61 Å². The van der Waals surface area contributed by atoms with E-state index in [4.69, 9.17) is 28.8 Å². The fourth-order valence-corrected chi connectivity index (χ4v) is 4.84. The Hall–Kier alpha value is -5.90. The van der Waals surface area contributed by atoms with Crippen molar-refractivity contribution in [2.45, 2.75) is 32.3 Å². The van der Waals surface area contributed by atoms with Crippen LogP contribution in [0.1, 0.15) is 42.4 Å². The van der Waals surface area contributed by atoms with Crippen molar-refractivity contribution in [3.8, 4) is 11.5 Å². The van der Waals surface area contributed by atoms with E-state index < -0.39 is 48.9 Å². The van der Waals surface area contributed by atoms with E-state index in [2.05, 4.69) is 0 Å². The smallest absolute Gasteiger partial charge is 0.344 e. The summed E-state index contributed by atoms with van der Waals surface area (Å²) in [5, 5.41) is 12.5. The van der Waals surface area contributed by atoms with Gasteiger partial charge in [0.25, 0.3) is 0 Å². The third-order valence-corrected chi connectivity index (χ3v) is 7.76. The van der Waals surface area contributed by atoms with Crippen LogP contribution in [-0.2, 0) is 40.0 Å². The van der Waals surface area contributed by atoms with Gasteiger partial charge in [-0.05, 0) is 76.3 Å². The first-order valence-corrected chi connectivity index (χ1v) is 15.5. The highest BCUT2D eigenvalue weighted by atomic mass is 16.6. The van der Waals surface area contributed by atoms with E-state index in [9.17, 15) is 19.2 Å². The number of methoxy groups -OCH3 is 2. The second-order valence-corrected chi connectivity index (χ2v) is 11.1. The number of fused-ring (bicyclic) bond motifs is 2. The number of carboxylic acid groups (broad SMARTS) is 1. The van der Waals surface area contributed by atoms with Gasteiger partial charge in [0.05, 0.1) is 26.1 Å². The minimum absolute atomic E-state index is 0.154. The SMILES string of the molecule is COc1ccc2cc(C(C)C(=O)OCC(=O)O)ccc2c1.COc1ccc2cc(C(C)C(=O)OCC(=O)OCc3ccccc3)ccc2c1. The van der Waals surface area contributed by atoms with Gasteiger partial charge in [-0.3, -0.25) is 9.59 Å². The lowest BCUT2D eigenvalue weighted by Gasteiger charge is -2.13. The molecule has 0 aliphatic heterocycles. The van der Waals surface area contributed by atoms with Crippen LogP contribution >= 0.6 is 0 Å². The molecule has 0 spiro atoms. The molecule has 0 aliphatic carbocycles. The molecule has 0 heterocycles. The van der Waals surface area contributed by atoms with Crippen molar-refractivity contribution in [1.29, 1.82) is 0 Å².